The predicted octanol–water partition coefficient (Wildman–Crippen LogP) is 1.28. The van der Waals surface area contributed by atoms with E-state index in [4.69, 9.17) is 0 Å². The van der Waals surface area contributed by atoms with Gasteiger partial charge in [0, 0.05) is 12.7 Å². The van der Waals surface area contributed by atoms with Gasteiger partial charge in [-0.05, 0) is 25.0 Å². The Balaban J connectivity index is 1.78. The second kappa shape index (κ2) is 7.77. The molecule has 1 heterocycles. The molecule has 23 heavy (non-hydrogen) atoms. The molecule has 0 unspecified atom stereocenters. The summed E-state index contributed by atoms with van der Waals surface area (Å²) < 4.78 is 1.73. The van der Waals surface area contributed by atoms with Crippen LogP contribution < -0.4 is 10.6 Å². The van der Waals surface area contributed by atoms with Crippen LogP contribution in [0.3, 0.4) is 0 Å². The Hall–Kier alpha value is -2.35. The van der Waals surface area contributed by atoms with Crippen molar-refractivity contribution in [3.05, 3.63) is 35.7 Å². The number of nitrogens with zero attached hydrogens (tertiary/aromatic N) is 3. The fraction of sp³-hybridized carbons (Fsp3) is 0.333. The summed E-state index contributed by atoms with van der Waals surface area (Å²) in [6.07, 6.45) is 1.57. The molecule has 2 N–H and O–H groups in total. The molecule has 8 heteroatoms. The molecule has 0 fully saturated rings. The summed E-state index contributed by atoms with van der Waals surface area (Å²) in [5.74, 6) is -0.294. The molecule has 122 valence electrons. The van der Waals surface area contributed by atoms with Gasteiger partial charge in [0.1, 0.15) is 6.33 Å². The standard InChI is InChI=1S/C15H19N5O2S/c1-10-5-4-6-11(2)14(10)18-12(21)7-16-13(22)8-23-15-19-17-9-20(15)3/h4-6,9H,7-8H2,1-3H3,(H,16,22)(H,18,21). The van der Waals surface area contributed by atoms with Gasteiger partial charge in [0.15, 0.2) is 5.16 Å². The molecular weight excluding hydrogens is 314 g/mol. The van der Waals surface area contributed by atoms with Crippen molar-refractivity contribution < 1.29 is 9.59 Å². The molecule has 2 amide bonds. The fourth-order valence-electron chi connectivity index (χ4n) is 1.96. The zero-order valence-electron chi connectivity index (χ0n) is 13.3. The predicted molar refractivity (Wildman–Crippen MR) is 89.3 cm³/mol. The van der Waals surface area contributed by atoms with Crippen molar-refractivity contribution in [3.8, 4) is 0 Å². The number of benzene rings is 1. The van der Waals surface area contributed by atoms with Crippen LogP contribution >= 0.6 is 11.8 Å². The molecule has 0 spiro atoms. The lowest BCUT2D eigenvalue weighted by Crippen LogP contribution is -2.34. The lowest BCUT2D eigenvalue weighted by molar-refractivity contribution is -0.122. The summed E-state index contributed by atoms with van der Waals surface area (Å²) in [6, 6.07) is 5.79. The molecule has 0 saturated heterocycles. The maximum atomic E-state index is 11.9. The molecular formula is C15H19N5O2S. The quantitative estimate of drug-likeness (QED) is 0.777. The van der Waals surface area contributed by atoms with Crippen LogP contribution in [0.1, 0.15) is 11.1 Å². The molecule has 0 radical (unpaired) electrons. The number of hydrogen-bond acceptors (Lipinski definition) is 5. The summed E-state index contributed by atoms with van der Waals surface area (Å²) in [5, 5.41) is 13.7. The van der Waals surface area contributed by atoms with Crippen molar-refractivity contribution in [2.75, 3.05) is 17.6 Å². The number of rotatable bonds is 6. The van der Waals surface area contributed by atoms with Crippen molar-refractivity contribution in [1.29, 1.82) is 0 Å². The molecule has 0 saturated carbocycles. The minimum Gasteiger partial charge on any atom is -0.346 e. The molecule has 0 aliphatic heterocycles. The van der Waals surface area contributed by atoms with Crippen LogP contribution in [-0.2, 0) is 16.6 Å². The topological polar surface area (TPSA) is 88.9 Å². The van der Waals surface area contributed by atoms with E-state index >= 15 is 0 Å². The van der Waals surface area contributed by atoms with Crippen molar-refractivity contribution in [3.63, 3.8) is 0 Å². The van der Waals surface area contributed by atoms with E-state index in [1.807, 2.05) is 32.0 Å². The Labute approximate surface area is 138 Å². The second-order valence-electron chi connectivity index (χ2n) is 5.10. The number of amides is 2. The van der Waals surface area contributed by atoms with Crippen LogP contribution in [0.2, 0.25) is 0 Å². The largest absolute Gasteiger partial charge is 0.346 e. The van der Waals surface area contributed by atoms with Crippen LogP contribution in [-0.4, -0.2) is 38.9 Å². The Morgan fingerprint density at radius 1 is 1.22 bits per heavy atom. The van der Waals surface area contributed by atoms with E-state index in [1.165, 1.54) is 11.8 Å². The molecule has 0 atom stereocenters. The second-order valence-corrected chi connectivity index (χ2v) is 6.05. The van der Waals surface area contributed by atoms with Gasteiger partial charge < -0.3 is 15.2 Å². The van der Waals surface area contributed by atoms with Crippen LogP contribution in [0, 0.1) is 13.8 Å². The highest BCUT2D eigenvalue weighted by Crippen LogP contribution is 2.19. The van der Waals surface area contributed by atoms with E-state index in [2.05, 4.69) is 20.8 Å². The molecule has 0 bridgehead atoms. The summed E-state index contributed by atoms with van der Waals surface area (Å²) in [7, 11) is 1.80. The number of aryl methyl sites for hydroxylation is 3. The summed E-state index contributed by atoms with van der Waals surface area (Å²) in [6.45, 7) is 3.80. The Morgan fingerprint density at radius 2 is 1.91 bits per heavy atom. The summed E-state index contributed by atoms with van der Waals surface area (Å²) in [4.78, 5) is 23.7. The highest BCUT2D eigenvalue weighted by Gasteiger charge is 2.10. The lowest BCUT2D eigenvalue weighted by Gasteiger charge is -2.11. The first kappa shape index (κ1) is 17.0. The van der Waals surface area contributed by atoms with E-state index in [0.29, 0.717) is 5.16 Å². The van der Waals surface area contributed by atoms with Gasteiger partial charge in [0.2, 0.25) is 11.8 Å². The van der Waals surface area contributed by atoms with Crippen LogP contribution in [0.4, 0.5) is 5.69 Å². The van der Waals surface area contributed by atoms with Gasteiger partial charge in [-0.1, -0.05) is 30.0 Å². The van der Waals surface area contributed by atoms with Gasteiger partial charge >= 0.3 is 0 Å². The van der Waals surface area contributed by atoms with Crippen LogP contribution in [0.15, 0.2) is 29.7 Å². The number of carbonyl (C=O) groups excluding carboxylic acids is 2. The van der Waals surface area contributed by atoms with E-state index in [-0.39, 0.29) is 24.1 Å². The summed E-state index contributed by atoms with van der Waals surface area (Å²) in [5.41, 5.74) is 2.77. The van der Waals surface area contributed by atoms with Gasteiger partial charge in [-0.2, -0.15) is 0 Å². The Kier molecular flexibility index (Phi) is 5.75. The first-order chi connectivity index (χ1) is 11.0. The van der Waals surface area contributed by atoms with Crippen molar-refractivity contribution >= 4 is 29.3 Å². The van der Waals surface area contributed by atoms with Crippen LogP contribution in [0.25, 0.3) is 0 Å². The fourth-order valence-corrected chi connectivity index (χ4v) is 2.68. The minimum atomic E-state index is -0.251. The third-order valence-corrected chi connectivity index (χ3v) is 4.23. The number of hydrogen-bond donors (Lipinski definition) is 2. The highest BCUT2D eigenvalue weighted by atomic mass is 32.2. The molecule has 0 aliphatic carbocycles. The van der Waals surface area contributed by atoms with E-state index in [0.717, 1.165) is 16.8 Å². The zero-order chi connectivity index (χ0) is 16.8. The van der Waals surface area contributed by atoms with Gasteiger partial charge in [-0.3, -0.25) is 9.59 Å². The molecule has 2 rings (SSSR count). The monoisotopic (exact) mass is 333 g/mol. The van der Waals surface area contributed by atoms with Gasteiger partial charge in [-0.25, -0.2) is 0 Å². The van der Waals surface area contributed by atoms with Gasteiger partial charge in [-0.15, -0.1) is 10.2 Å². The first-order valence-corrected chi connectivity index (χ1v) is 8.05. The first-order valence-electron chi connectivity index (χ1n) is 7.07. The molecule has 1 aromatic carbocycles. The smallest absolute Gasteiger partial charge is 0.243 e. The Morgan fingerprint density at radius 3 is 2.52 bits per heavy atom. The van der Waals surface area contributed by atoms with E-state index in [9.17, 15) is 9.59 Å². The van der Waals surface area contributed by atoms with Crippen molar-refractivity contribution in [1.82, 2.24) is 20.1 Å². The van der Waals surface area contributed by atoms with Crippen molar-refractivity contribution in [2.45, 2.75) is 19.0 Å². The van der Waals surface area contributed by atoms with Gasteiger partial charge in [0.25, 0.3) is 0 Å². The van der Waals surface area contributed by atoms with Gasteiger partial charge in [0.05, 0.1) is 12.3 Å². The molecule has 7 nitrogen and oxygen atoms in total. The average Bonchev–Trinajstić information content (AvgIpc) is 2.92. The van der Waals surface area contributed by atoms with Crippen molar-refractivity contribution in [2.24, 2.45) is 7.05 Å². The molecule has 0 aliphatic rings. The SMILES string of the molecule is Cc1cccc(C)c1NC(=O)CNC(=O)CSc1nncn1C. The normalized spacial score (nSPS) is 10.4. The van der Waals surface area contributed by atoms with E-state index < -0.39 is 0 Å². The lowest BCUT2D eigenvalue weighted by atomic mass is 10.1. The Bertz CT molecular complexity index is 693. The highest BCUT2D eigenvalue weighted by molar-refractivity contribution is 7.99. The zero-order valence-corrected chi connectivity index (χ0v) is 14.1. The molecule has 1 aromatic heterocycles. The number of para-hydroxylation sites is 1. The third kappa shape index (κ3) is 4.82. The maximum Gasteiger partial charge on any atom is 0.243 e. The number of aromatic nitrogens is 3. The third-order valence-electron chi connectivity index (χ3n) is 3.19. The molecule has 2 aromatic rings. The number of nitrogens with one attached hydrogen (secondary N) is 2. The average molecular weight is 333 g/mol. The minimum absolute atomic E-state index is 0.0635. The van der Waals surface area contributed by atoms with E-state index in [1.54, 1.807) is 17.9 Å². The number of carbonyl (C=O) groups is 2. The maximum absolute atomic E-state index is 11.9. The number of anilines is 1. The van der Waals surface area contributed by atoms with Crippen LogP contribution in [0.5, 0.6) is 0 Å². The number of thioether (sulfide) groups is 1. The summed E-state index contributed by atoms with van der Waals surface area (Å²) >= 11 is 1.27.